The molecule has 0 saturated carbocycles. The number of aryl methyl sites for hydroxylation is 2. The van der Waals surface area contributed by atoms with E-state index in [9.17, 15) is 4.79 Å². The fourth-order valence-electron chi connectivity index (χ4n) is 2.67. The first-order chi connectivity index (χ1) is 12.7. The second kappa shape index (κ2) is 8.70. The number of hydrogen-bond donors (Lipinski definition) is 2. The monoisotopic (exact) mass is 371 g/mol. The summed E-state index contributed by atoms with van der Waals surface area (Å²) in [5, 5.41) is 10.8. The summed E-state index contributed by atoms with van der Waals surface area (Å²) >= 11 is 0. The molecule has 2 rings (SSSR count). The van der Waals surface area contributed by atoms with Gasteiger partial charge in [-0.25, -0.2) is 4.68 Å². The number of guanidine groups is 1. The fraction of sp³-hybridized carbons (Fsp3) is 0.450. The third-order valence-corrected chi connectivity index (χ3v) is 3.72. The smallest absolute Gasteiger partial charge is 0.325 e. The second-order valence-corrected chi connectivity index (χ2v) is 7.33. The molecule has 0 radical (unpaired) electrons. The van der Waals surface area contributed by atoms with Gasteiger partial charge in [-0.2, -0.15) is 5.10 Å². The maximum Gasteiger partial charge on any atom is 0.325 e. The predicted octanol–water partition coefficient (Wildman–Crippen LogP) is 2.50. The fourth-order valence-corrected chi connectivity index (χ4v) is 2.67. The van der Waals surface area contributed by atoms with Crippen LogP contribution in [0.25, 0.3) is 5.69 Å². The van der Waals surface area contributed by atoms with Crippen LogP contribution < -0.4 is 10.6 Å². The zero-order chi connectivity index (χ0) is 20.0. The number of para-hydroxylation sites is 1. The third kappa shape index (κ3) is 6.13. The Bertz CT molecular complexity index is 818. The highest BCUT2D eigenvalue weighted by Crippen LogP contribution is 2.16. The minimum Gasteiger partial charge on any atom is -0.459 e. The van der Waals surface area contributed by atoms with Crippen LogP contribution in [0.15, 0.2) is 35.3 Å². The van der Waals surface area contributed by atoms with E-state index in [1.54, 1.807) is 7.05 Å². The standard InChI is InChI=1S/C20H29N5O2/c1-14-11-15(2)25(24-14)17-10-8-7-9-16(17)12-22-19(21-6)23-13-18(26)27-20(3,4)5/h7-11H,12-13H2,1-6H3,(H2,21,22,23). The van der Waals surface area contributed by atoms with Crippen LogP contribution in [-0.4, -0.2) is 40.9 Å². The predicted molar refractivity (Wildman–Crippen MR) is 107 cm³/mol. The number of carbonyl (C=O) groups excluding carboxylic acids is 1. The Hall–Kier alpha value is -2.83. The average Bonchev–Trinajstić information content (AvgIpc) is 2.92. The SMILES string of the molecule is CN=C(NCC(=O)OC(C)(C)C)NCc1ccccc1-n1nc(C)cc1C. The van der Waals surface area contributed by atoms with E-state index in [2.05, 4.69) is 20.7 Å². The Kier molecular flexibility index (Phi) is 6.60. The molecule has 2 aromatic rings. The lowest BCUT2D eigenvalue weighted by atomic mass is 10.1. The lowest BCUT2D eigenvalue weighted by Gasteiger charge is -2.20. The average molecular weight is 371 g/mol. The van der Waals surface area contributed by atoms with E-state index in [4.69, 9.17) is 4.74 Å². The zero-order valence-corrected chi connectivity index (χ0v) is 17.0. The molecule has 0 aliphatic carbocycles. The van der Waals surface area contributed by atoms with Gasteiger partial charge in [0.1, 0.15) is 12.1 Å². The van der Waals surface area contributed by atoms with E-state index in [-0.39, 0.29) is 12.5 Å². The van der Waals surface area contributed by atoms with Crippen molar-refractivity contribution in [3.05, 3.63) is 47.3 Å². The van der Waals surface area contributed by atoms with Gasteiger partial charge in [0.05, 0.1) is 11.4 Å². The van der Waals surface area contributed by atoms with Crippen molar-refractivity contribution >= 4 is 11.9 Å². The highest BCUT2D eigenvalue weighted by molar-refractivity contribution is 5.84. The molecular weight excluding hydrogens is 342 g/mol. The van der Waals surface area contributed by atoms with Crippen molar-refractivity contribution in [1.29, 1.82) is 0 Å². The number of nitrogens with zero attached hydrogens (tertiary/aromatic N) is 3. The van der Waals surface area contributed by atoms with Gasteiger partial charge < -0.3 is 15.4 Å². The van der Waals surface area contributed by atoms with Gasteiger partial charge in [0.15, 0.2) is 5.96 Å². The highest BCUT2D eigenvalue weighted by Gasteiger charge is 2.16. The number of carbonyl (C=O) groups is 1. The van der Waals surface area contributed by atoms with E-state index >= 15 is 0 Å². The Morgan fingerprint density at radius 2 is 1.93 bits per heavy atom. The quantitative estimate of drug-likeness (QED) is 0.479. The molecule has 0 spiro atoms. The van der Waals surface area contributed by atoms with Crippen LogP contribution in [0.1, 0.15) is 37.7 Å². The summed E-state index contributed by atoms with van der Waals surface area (Å²) in [6, 6.07) is 10.1. The van der Waals surface area contributed by atoms with E-state index < -0.39 is 5.60 Å². The van der Waals surface area contributed by atoms with Crippen LogP contribution in [0, 0.1) is 13.8 Å². The Balaban J connectivity index is 2.01. The topological polar surface area (TPSA) is 80.5 Å². The number of esters is 1. The Labute approximate surface area is 160 Å². The van der Waals surface area contributed by atoms with Crippen LogP contribution >= 0.6 is 0 Å². The van der Waals surface area contributed by atoms with Crippen molar-refractivity contribution in [2.45, 2.75) is 46.8 Å². The van der Waals surface area contributed by atoms with Gasteiger partial charge in [-0.1, -0.05) is 18.2 Å². The molecule has 1 heterocycles. The van der Waals surface area contributed by atoms with Gasteiger partial charge in [-0.3, -0.25) is 9.79 Å². The summed E-state index contributed by atoms with van der Waals surface area (Å²) in [5.74, 6) is 0.206. The first-order valence-electron chi connectivity index (χ1n) is 8.97. The van der Waals surface area contributed by atoms with Gasteiger partial charge >= 0.3 is 5.97 Å². The molecule has 0 fully saturated rings. The number of benzene rings is 1. The number of aliphatic imine (C=N–C) groups is 1. The molecule has 7 heteroatoms. The maximum atomic E-state index is 11.9. The molecule has 0 atom stereocenters. The first-order valence-corrected chi connectivity index (χ1v) is 8.97. The van der Waals surface area contributed by atoms with Gasteiger partial charge in [0, 0.05) is 19.3 Å². The van der Waals surface area contributed by atoms with Crippen LogP contribution in [-0.2, 0) is 16.1 Å². The van der Waals surface area contributed by atoms with E-state index in [1.165, 1.54) is 0 Å². The molecule has 2 N–H and O–H groups in total. The Morgan fingerprint density at radius 3 is 2.52 bits per heavy atom. The van der Waals surface area contributed by atoms with Crippen molar-refractivity contribution < 1.29 is 9.53 Å². The number of rotatable bonds is 5. The summed E-state index contributed by atoms with van der Waals surface area (Å²) in [6.07, 6.45) is 0. The van der Waals surface area contributed by atoms with Gasteiger partial charge in [-0.15, -0.1) is 0 Å². The maximum absolute atomic E-state index is 11.9. The first kappa shape index (κ1) is 20.5. The van der Waals surface area contributed by atoms with Crippen molar-refractivity contribution in [3.8, 4) is 5.69 Å². The van der Waals surface area contributed by atoms with E-state index in [0.717, 1.165) is 22.6 Å². The van der Waals surface area contributed by atoms with Gasteiger partial charge in [0.2, 0.25) is 0 Å². The molecule has 1 aromatic carbocycles. The van der Waals surface area contributed by atoms with Crippen LogP contribution in [0.5, 0.6) is 0 Å². The minimum atomic E-state index is -0.506. The molecule has 0 unspecified atom stereocenters. The van der Waals surface area contributed by atoms with E-state index in [1.807, 2.05) is 69.6 Å². The highest BCUT2D eigenvalue weighted by atomic mass is 16.6. The summed E-state index contributed by atoms with van der Waals surface area (Å²) in [7, 11) is 1.66. The summed E-state index contributed by atoms with van der Waals surface area (Å²) in [5.41, 5.74) is 3.63. The lowest BCUT2D eigenvalue weighted by molar-refractivity contribution is -0.153. The van der Waals surface area contributed by atoms with Crippen molar-refractivity contribution in [3.63, 3.8) is 0 Å². The second-order valence-electron chi connectivity index (χ2n) is 7.33. The lowest BCUT2D eigenvalue weighted by Crippen LogP contribution is -2.41. The molecule has 7 nitrogen and oxygen atoms in total. The molecule has 0 bridgehead atoms. The third-order valence-electron chi connectivity index (χ3n) is 3.72. The molecule has 1 aromatic heterocycles. The van der Waals surface area contributed by atoms with Crippen molar-refractivity contribution in [1.82, 2.24) is 20.4 Å². The summed E-state index contributed by atoms with van der Waals surface area (Å²) < 4.78 is 7.23. The van der Waals surface area contributed by atoms with E-state index in [0.29, 0.717) is 12.5 Å². The number of nitrogens with one attached hydrogen (secondary N) is 2. The molecule has 0 aliphatic heterocycles. The van der Waals surface area contributed by atoms with Crippen molar-refractivity contribution in [2.24, 2.45) is 4.99 Å². The van der Waals surface area contributed by atoms with Crippen LogP contribution in [0.4, 0.5) is 0 Å². The van der Waals surface area contributed by atoms with Crippen LogP contribution in [0.2, 0.25) is 0 Å². The molecule has 0 saturated heterocycles. The van der Waals surface area contributed by atoms with Gasteiger partial charge in [0.25, 0.3) is 0 Å². The van der Waals surface area contributed by atoms with Crippen molar-refractivity contribution in [2.75, 3.05) is 13.6 Å². The summed E-state index contributed by atoms with van der Waals surface area (Å²) in [4.78, 5) is 16.0. The molecular formula is C20H29N5O2. The molecule has 0 aliphatic rings. The molecule has 146 valence electrons. The number of ether oxygens (including phenoxy) is 1. The zero-order valence-electron chi connectivity index (χ0n) is 17.0. The normalized spacial score (nSPS) is 12.0. The molecule has 0 amide bonds. The minimum absolute atomic E-state index is 0.0516. The van der Waals surface area contributed by atoms with Crippen LogP contribution in [0.3, 0.4) is 0 Å². The summed E-state index contributed by atoms with van der Waals surface area (Å²) in [6.45, 7) is 10.1. The largest absolute Gasteiger partial charge is 0.459 e. The van der Waals surface area contributed by atoms with Gasteiger partial charge in [-0.05, 0) is 52.3 Å². The Morgan fingerprint density at radius 1 is 1.22 bits per heavy atom. The number of aromatic nitrogens is 2. The molecule has 27 heavy (non-hydrogen) atoms. The number of hydrogen-bond acceptors (Lipinski definition) is 4.